The largest absolute Gasteiger partial charge is 0.465 e. The number of ether oxygens (including phenoxy) is 2. The molecule has 28 heavy (non-hydrogen) atoms. The Morgan fingerprint density at radius 1 is 1.18 bits per heavy atom. The second kappa shape index (κ2) is 8.94. The quantitative estimate of drug-likeness (QED) is 0.355. The number of fused-ring (bicyclic) bond motifs is 1. The second-order valence-electron chi connectivity index (χ2n) is 6.07. The van der Waals surface area contributed by atoms with Crippen LogP contribution in [-0.2, 0) is 14.3 Å². The molecule has 0 aliphatic heterocycles. The summed E-state index contributed by atoms with van der Waals surface area (Å²) < 4.78 is 11.8. The smallest absolute Gasteiger partial charge is 0.337 e. The van der Waals surface area contributed by atoms with Crippen LogP contribution in [0.25, 0.3) is 22.9 Å². The maximum atomic E-state index is 11.9. The number of unbranched alkanes of at least 4 members (excludes halogenated alkanes) is 1. The highest BCUT2D eigenvalue weighted by Crippen LogP contribution is 2.25. The molecule has 7 heteroatoms. The fraction of sp³-hybridized carbons (Fsp3) is 0.238. The molecule has 0 radical (unpaired) electrons. The molecular formula is C21H21N3O4. The van der Waals surface area contributed by atoms with Crippen molar-refractivity contribution < 1.29 is 19.1 Å². The second-order valence-corrected chi connectivity index (χ2v) is 6.07. The van der Waals surface area contributed by atoms with E-state index in [1.54, 1.807) is 42.7 Å². The van der Waals surface area contributed by atoms with E-state index in [2.05, 4.69) is 9.97 Å². The first kappa shape index (κ1) is 19.3. The van der Waals surface area contributed by atoms with Crippen LogP contribution < -0.4 is 0 Å². The number of nitrogens with zero attached hydrogens (tertiary/aromatic N) is 3. The molecular weight excluding hydrogens is 358 g/mol. The van der Waals surface area contributed by atoms with Crippen molar-refractivity contribution in [3.05, 3.63) is 60.1 Å². The first-order chi connectivity index (χ1) is 13.6. The SMILES string of the molecule is CCCCOC(=O)/C=C/c1cc2cc(C(=O)OC)ccc2n1-c1ncccn1. The van der Waals surface area contributed by atoms with Crippen LogP contribution in [0.15, 0.2) is 48.8 Å². The molecule has 0 N–H and O–H groups in total. The molecule has 0 fully saturated rings. The van der Waals surface area contributed by atoms with Gasteiger partial charge in [-0.15, -0.1) is 0 Å². The van der Waals surface area contributed by atoms with Gasteiger partial charge >= 0.3 is 11.9 Å². The van der Waals surface area contributed by atoms with Gasteiger partial charge in [-0.3, -0.25) is 4.57 Å². The van der Waals surface area contributed by atoms with Crippen molar-refractivity contribution in [2.75, 3.05) is 13.7 Å². The Morgan fingerprint density at radius 2 is 1.96 bits per heavy atom. The van der Waals surface area contributed by atoms with E-state index in [1.807, 2.05) is 17.6 Å². The average molecular weight is 379 g/mol. The van der Waals surface area contributed by atoms with E-state index in [1.165, 1.54) is 13.2 Å². The lowest BCUT2D eigenvalue weighted by Gasteiger charge is -2.06. The van der Waals surface area contributed by atoms with Gasteiger partial charge in [0.1, 0.15) is 0 Å². The monoisotopic (exact) mass is 379 g/mol. The van der Waals surface area contributed by atoms with Crippen LogP contribution in [0.1, 0.15) is 35.8 Å². The standard InChI is InChI=1S/C21H21N3O4/c1-3-4-12-28-19(25)9-7-17-14-16-13-15(20(26)27-2)6-8-18(16)24(17)21-22-10-5-11-23-21/h5-11,13-14H,3-4,12H2,1-2H3/b9-7+. The van der Waals surface area contributed by atoms with E-state index in [9.17, 15) is 9.59 Å². The van der Waals surface area contributed by atoms with Crippen LogP contribution in [0.2, 0.25) is 0 Å². The number of methoxy groups -OCH3 is 1. The number of carbonyl (C=O) groups is 2. The fourth-order valence-electron chi connectivity index (χ4n) is 2.75. The molecule has 2 aromatic heterocycles. The first-order valence-electron chi connectivity index (χ1n) is 9.00. The van der Waals surface area contributed by atoms with Crippen molar-refractivity contribution in [1.29, 1.82) is 0 Å². The maximum Gasteiger partial charge on any atom is 0.337 e. The zero-order valence-corrected chi connectivity index (χ0v) is 15.8. The fourth-order valence-corrected chi connectivity index (χ4v) is 2.75. The molecule has 0 unspecified atom stereocenters. The summed E-state index contributed by atoms with van der Waals surface area (Å²) in [7, 11) is 1.34. The summed E-state index contributed by atoms with van der Waals surface area (Å²) in [5.41, 5.74) is 1.93. The van der Waals surface area contributed by atoms with Crippen LogP contribution in [0, 0.1) is 0 Å². The summed E-state index contributed by atoms with van der Waals surface area (Å²) >= 11 is 0. The summed E-state index contributed by atoms with van der Waals surface area (Å²) in [6.07, 6.45) is 8.10. The predicted molar refractivity (Wildman–Crippen MR) is 105 cm³/mol. The minimum absolute atomic E-state index is 0.396. The molecule has 3 rings (SSSR count). The topological polar surface area (TPSA) is 83.3 Å². The van der Waals surface area contributed by atoms with Gasteiger partial charge in [-0.1, -0.05) is 13.3 Å². The number of esters is 2. The number of hydrogen-bond acceptors (Lipinski definition) is 6. The van der Waals surface area contributed by atoms with E-state index in [-0.39, 0.29) is 0 Å². The summed E-state index contributed by atoms with van der Waals surface area (Å²) in [5.74, 6) is -0.362. The van der Waals surface area contributed by atoms with E-state index < -0.39 is 11.9 Å². The molecule has 144 valence electrons. The minimum atomic E-state index is -0.415. The maximum absolute atomic E-state index is 11.9. The molecule has 0 spiro atoms. The lowest BCUT2D eigenvalue weighted by Crippen LogP contribution is -2.04. The lowest BCUT2D eigenvalue weighted by atomic mass is 10.1. The van der Waals surface area contributed by atoms with Crippen LogP contribution in [-0.4, -0.2) is 40.2 Å². The Hall–Kier alpha value is -3.48. The van der Waals surface area contributed by atoms with E-state index in [0.29, 0.717) is 23.8 Å². The molecule has 1 aromatic carbocycles. The molecule has 7 nitrogen and oxygen atoms in total. The summed E-state index contributed by atoms with van der Waals surface area (Å²) in [6, 6.07) is 8.80. The zero-order chi connectivity index (χ0) is 19.9. The first-order valence-corrected chi connectivity index (χ1v) is 9.00. The molecule has 0 amide bonds. The average Bonchev–Trinajstić information content (AvgIpc) is 3.10. The molecule has 2 heterocycles. The van der Waals surface area contributed by atoms with Gasteiger partial charge in [0.25, 0.3) is 0 Å². The molecule has 0 bridgehead atoms. The van der Waals surface area contributed by atoms with Gasteiger partial charge < -0.3 is 9.47 Å². The highest BCUT2D eigenvalue weighted by Gasteiger charge is 2.14. The third-order valence-corrected chi connectivity index (χ3v) is 4.14. The Morgan fingerprint density at radius 3 is 2.68 bits per heavy atom. The molecule has 0 aliphatic carbocycles. The number of rotatable bonds is 7. The Labute approximate surface area is 162 Å². The summed E-state index contributed by atoms with van der Waals surface area (Å²) in [6.45, 7) is 2.43. The number of aromatic nitrogens is 3. The number of hydrogen-bond donors (Lipinski definition) is 0. The van der Waals surface area contributed by atoms with Crippen LogP contribution in [0.3, 0.4) is 0 Å². The van der Waals surface area contributed by atoms with Crippen LogP contribution in [0.4, 0.5) is 0 Å². The lowest BCUT2D eigenvalue weighted by molar-refractivity contribution is -0.137. The van der Waals surface area contributed by atoms with Gasteiger partial charge in [0.05, 0.1) is 30.5 Å². The third-order valence-electron chi connectivity index (χ3n) is 4.14. The van der Waals surface area contributed by atoms with Crippen LogP contribution >= 0.6 is 0 Å². The predicted octanol–water partition coefficient (Wildman–Crippen LogP) is 3.56. The summed E-state index contributed by atoms with van der Waals surface area (Å²) in [4.78, 5) is 32.4. The van der Waals surface area contributed by atoms with E-state index in [4.69, 9.17) is 9.47 Å². The van der Waals surface area contributed by atoms with Crippen molar-refractivity contribution >= 4 is 28.9 Å². The zero-order valence-electron chi connectivity index (χ0n) is 15.8. The Balaban J connectivity index is 2.02. The van der Waals surface area contributed by atoms with Crippen molar-refractivity contribution in [1.82, 2.24) is 14.5 Å². The molecule has 0 aliphatic rings. The summed E-state index contributed by atoms with van der Waals surface area (Å²) in [5, 5.41) is 0.800. The van der Waals surface area contributed by atoms with Crippen LogP contribution in [0.5, 0.6) is 0 Å². The molecule has 3 aromatic rings. The number of carbonyl (C=O) groups excluding carboxylic acids is 2. The Kier molecular flexibility index (Phi) is 6.16. The van der Waals surface area contributed by atoms with E-state index in [0.717, 1.165) is 23.7 Å². The molecule has 0 saturated carbocycles. The van der Waals surface area contributed by atoms with Gasteiger partial charge in [-0.05, 0) is 42.8 Å². The van der Waals surface area contributed by atoms with E-state index >= 15 is 0 Å². The van der Waals surface area contributed by atoms with Gasteiger partial charge in [0, 0.05) is 23.9 Å². The van der Waals surface area contributed by atoms with Crippen molar-refractivity contribution in [2.24, 2.45) is 0 Å². The van der Waals surface area contributed by atoms with Crippen molar-refractivity contribution in [3.63, 3.8) is 0 Å². The minimum Gasteiger partial charge on any atom is -0.465 e. The molecule has 0 saturated heterocycles. The highest BCUT2D eigenvalue weighted by molar-refractivity contribution is 5.96. The van der Waals surface area contributed by atoms with Gasteiger partial charge in [-0.25, -0.2) is 19.6 Å². The Bertz CT molecular complexity index is 1010. The van der Waals surface area contributed by atoms with Gasteiger partial charge in [0.15, 0.2) is 0 Å². The van der Waals surface area contributed by atoms with Crippen molar-refractivity contribution in [3.8, 4) is 5.95 Å². The van der Waals surface area contributed by atoms with Gasteiger partial charge in [-0.2, -0.15) is 0 Å². The van der Waals surface area contributed by atoms with Gasteiger partial charge in [0.2, 0.25) is 5.95 Å². The number of benzene rings is 1. The molecule has 0 atom stereocenters. The highest BCUT2D eigenvalue weighted by atomic mass is 16.5. The third kappa shape index (κ3) is 4.25. The normalized spacial score (nSPS) is 11.1. The van der Waals surface area contributed by atoms with Crippen molar-refractivity contribution in [2.45, 2.75) is 19.8 Å².